The van der Waals surface area contributed by atoms with Gasteiger partial charge < -0.3 is 115 Å². The van der Waals surface area contributed by atoms with Crippen molar-refractivity contribution < 1.29 is 67.2 Å². The number of para-hydroxylation sites is 1. The molecule has 9 amide bonds. The molecule has 1 fully saturated rings. The monoisotopic (exact) mass is 1420 g/mol. The Morgan fingerprint density at radius 1 is 0.554 bits per heavy atom. The van der Waals surface area contributed by atoms with E-state index in [2.05, 4.69) is 83.5 Å². The van der Waals surface area contributed by atoms with Crippen LogP contribution in [-0.2, 0) is 68.5 Å². The standard InChI is InChI=1S/C66H111N21O14/c1-45(2)39-54(61(94)75-24-34-101-38-37-100-33-23-74-58(92)44-87-28-27-85(4)25-20-72-21-26-86(29-30-87)43-57(91)73-22-32-99-36-35-98-31-17-67)83-62(95)53(12-8-19-77-66(70)71)81-56(90)42-79-60(93)52(11-7-18-76-65(68)69)82-63(96)55(40-47-13-15-48(89)16-14-47)84-64(97)59(80-46(3)88)50-41-78-51-10-6-5-9-49(50)51/h5-6,9-10,13-16,41,45,52-55,59,72,78,89H,7-8,11-12,17-40,42-44,67H2,1-4H3,(H,73,91)(H,74,92)(H,75,94)(H,79,93)(H,80,88)(H,81,90)(H,82,96)(H,83,95)(H,84,97)(H4,68,69,76)(H4,70,71,77)/t52-,53-,54-,55-,59?/m0/s1. The summed E-state index contributed by atoms with van der Waals surface area (Å²) in [5.74, 6) is -6.00. The van der Waals surface area contributed by atoms with Gasteiger partial charge in [-0.1, -0.05) is 44.2 Å². The van der Waals surface area contributed by atoms with Crippen molar-refractivity contribution in [1.82, 2.24) is 83.5 Å². The van der Waals surface area contributed by atoms with Crippen LogP contribution in [0.4, 0.5) is 0 Å². The number of aromatic nitrogens is 1. The second kappa shape index (κ2) is 48.9. The van der Waals surface area contributed by atoms with Gasteiger partial charge in [0.25, 0.3) is 0 Å². The van der Waals surface area contributed by atoms with Gasteiger partial charge in [-0.25, -0.2) is 0 Å². The second-order valence-electron chi connectivity index (χ2n) is 24.7. The molecule has 22 N–H and O–H groups in total. The molecule has 101 heavy (non-hydrogen) atoms. The molecule has 1 saturated heterocycles. The molecule has 2 aromatic carbocycles. The lowest BCUT2D eigenvalue weighted by molar-refractivity contribution is -0.134. The minimum atomic E-state index is -1.38. The van der Waals surface area contributed by atoms with E-state index in [1.165, 1.54) is 19.1 Å². The summed E-state index contributed by atoms with van der Waals surface area (Å²) in [5, 5.41) is 59.2. The second-order valence-corrected chi connectivity index (χ2v) is 24.7. The maximum Gasteiger partial charge on any atom is 0.247 e. The fourth-order valence-corrected chi connectivity index (χ4v) is 10.6. The Morgan fingerprint density at radius 2 is 1.07 bits per heavy atom. The predicted octanol–water partition coefficient (Wildman–Crippen LogP) is -4.57. The topological polar surface area (TPSA) is 506 Å². The van der Waals surface area contributed by atoms with Crippen LogP contribution in [0.25, 0.3) is 10.9 Å². The minimum absolute atomic E-state index is 0.00744. The normalized spacial score (nSPS) is 14.8. The number of guanidine groups is 2. The SMILES string of the molecule is CC(=O)NC(C(=O)N[C@@H](Cc1ccc(O)cc1)C(=O)N[C@@H](CCCNC(=N)N)C(=O)NCC(=O)N[C@@H](CCCNC(=N)N)C(=O)N[C@@H](CC(C)C)C(=O)NCCOCCOCCNC(=O)CN1CCN(C)CCNCCN(CC(=O)NCCOCCOCCN)CC1)c1c[nH]c2ccccc12. The molecule has 564 valence electrons. The van der Waals surface area contributed by atoms with E-state index in [1.807, 2.05) is 20.9 Å². The molecule has 1 aliphatic rings. The predicted molar refractivity (Wildman–Crippen MR) is 380 cm³/mol. The Balaban J connectivity index is 1.29. The number of ether oxygens (including phenoxy) is 4. The fraction of sp³-hybridized carbons (Fsp3) is 0.621. The zero-order valence-electron chi connectivity index (χ0n) is 58.9. The summed E-state index contributed by atoms with van der Waals surface area (Å²) < 4.78 is 22.2. The molecule has 4 rings (SSSR count). The van der Waals surface area contributed by atoms with Crippen molar-refractivity contribution in [3.05, 3.63) is 65.9 Å². The van der Waals surface area contributed by atoms with Crippen molar-refractivity contribution in [3.63, 3.8) is 0 Å². The van der Waals surface area contributed by atoms with Crippen molar-refractivity contribution in [3.8, 4) is 5.75 Å². The number of carbonyl (C=O) groups is 9. The maximum absolute atomic E-state index is 14.4. The highest BCUT2D eigenvalue weighted by Crippen LogP contribution is 2.25. The molecule has 0 aliphatic carbocycles. The summed E-state index contributed by atoms with van der Waals surface area (Å²) in [5.41, 5.74) is 18.0. The first-order valence-corrected chi connectivity index (χ1v) is 34.4. The van der Waals surface area contributed by atoms with Crippen molar-refractivity contribution in [2.45, 2.75) is 89.5 Å². The number of phenols is 1. The van der Waals surface area contributed by atoms with E-state index in [0.29, 0.717) is 94.3 Å². The number of hydrogen-bond acceptors (Lipinski definition) is 21. The molecule has 0 saturated carbocycles. The van der Waals surface area contributed by atoms with E-state index >= 15 is 0 Å². The molecule has 1 aromatic heterocycles. The molecular formula is C66H111N21O14. The van der Waals surface area contributed by atoms with E-state index in [4.69, 9.17) is 47.0 Å². The molecule has 5 atom stereocenters. The highest BCUT2D eigenvalue weighted by atomic mass is 16.5. The first kappa shape index (κ1) is 84.6. The van der Waals surface area contributed by atoms with Gasteiger partial charge in [-0.05, 0) is 68.8 Å². The molecule has 2 heterocycles. The summed E-state index contributed by atoms with van der Waals surface area (Å²) in [7, 11) is 2.04. The Bertz CT molecular complexity index is 3030. The van der Waals surface area contributed by atoms with Gasteiger partial charge in [-0.3, -0.25) is 63.8 Å². The molecule has 35 nitrogen and oxygen atoms in total. The third-order valence-corrected chi connectivity index (χ3v) is 15.8. The number of aromatic amines is 1. The minimum Gasteiger partial charge on any atom is -0.508 e. The molecule has 0 bridgehead atoms. The zero-order valence-corrected chi connectivity index (χ0v) is 58.9. The first-order valence-electron chi connectivity index (χ1n) is 34.4. The summed E-state index contributed by atoms with van der Waals surface area (Å²) in [4.78, 5) is 132. The lowest BCUT2D eigenvalue weighted by Gasteiger charge is -2.30. The molecule has 0 spiro atoms. The van der Waals surface area contributed by atoms with Crippen LogP contribution in [0.15, 0.2) is 54.7 Å². The highest BCUT2D eigenvalue weighted by Gasteiger charge is 2.33. The number of fused-ring (bicyclic) bond motifs is 1. The first-order chi connectivity index (χ1) is 48.5. The quantitative estimate of drug-likeness (QED) is 0.0144. The summed E-state index contributed by atoms with van der Waals surface area (Å²) in [6.45, 7) is 14.1. The molecule has 1 aliphatic heterocycles. The number of nitrogens with two attached hydrogens (primary N) is 3. The number of H-pyrrole nitrogens is 1. The Morgan fingerprint density at radius 3 is 1.65 bits per heavy atom. The molecule has 0 radical (unpaired) electrons. The van der Waals surface area contributed by atoms with Crippen molar-refractivity contribution in [2.24, 2.45) is 23.1 Å². The lowest BCUT2D eigenvalue weighted by atomic mass is 10.0. The molecule has 35 heteroatoms. The number of nitrogens with zero attached hydrogens (tertiary/aromatic N) is 3. The largest absolute Gasteiger partial charge is 0.508 e. The van der Waals surface area contributed by atoms with Crippen LogP contribution in [0.2, 0.25) is 0 Å². The van der Waals surface area contributed by atoms with Crippen molar-refractivity contribution >= 4 is 76.0 Å². The van der Waals surface area contributed by atoms with Crippen LogP contribution in [0, 0.1) is 16.7 Å². The van der Waals surface area contributed by atoms with Crippen LogP contribution in [0.5, 0.6) is 5.75 Å². The van der Waals surface area contributed by atoms with Crippen LogP contribution >= 0.6 is 0 Å². The molecular weight excluding hydrogens is 1310 g/mol. The Labute approximate surface area is 590 Å². The summed E-state index contributed by atoms with van der Waals surface area (Å²) >= 11 is 0. The number of carbonyl (C=O) groups excluding carboxylic acids is 9. The van der Waals surface area contributed by atoms with Crippen LogP contribution < -0.4 is 81.0 Å². The average molecular weight is 1420 g/mol. The van der Waals surface area contributed by atoms with Gasteiger partial charge in [0, 0.05) is 128 Å². The molecule has 3 aromatic rings. The van der Waals surface area contributed by atoms with Crippen LogP contribution in [0.1, 0.15) is 70.0 Å². The highest BCUT2D eigenvalue weighted by molar-refractivity contribution is 5.98. The number of likely N-dealkylation sites (N-methyl/N-ethyl adjacent to an activating group) is 1. The van der Waals surface area contributed by atoms with Gasteiger partial charge in [-0.15, -0.1) is 0 Å². The number of benzene rings is 2. The van der Waals surface area contributed by atoms with Gasteiger partial charge >= 0.3 is 0 Å². The molecule has 1 unspecified atom stereocenters. The summed E-state index contributed by atoms with van der Waals surface area (Å²) in [6.07, 6.45) is 2.01. The zero-order chi connectivity index (χ0) is 73.7. The van der Waals surface area contributed by atoms with E-state index in [-0.39, 0.29) is 140 Å². The van der Waals surface area contributed by atoms with Crippen molar-refractivity contribution in [1.29, 1.82) is 10.8 Å². The smallest absolute Gasteiger partial charge is 0.247 e. The summed E-state index contributed by atoms with van der Waals surface area (Å²) in [6, 6.07) is 6.74. The fourth-order valence-electron chi connectivity index (χ4n) is 10.6. The van der Waals surface area contributed by atoms with E-state index in [9.17, 15) is 48.3 Å². The van der Waals surface area contributed by atoms with Gasteiger partial charge in [0.05, 0.1) is 72.5 Å². The number of aromatic hydroxyl groups is 1. The number of amides is 9. The van der Waals surface area contributed by atoms with E-state index in [1.54, 1.807) is 42.6 Å². The van der Waals surface area contributed by atoms with Gasteiger partial charge in [0.15, 0.2) is 11.9 Å². The number of rotatable bonds is 46. The van der Waals surface area contributed by atoms with Gasteiger partial charge in [0.2, 0.25) is 53.2 Å². The third-order valence-electron chi connectivity index (χ3n) is 15.8. The Kier molecular flexibility index (Phi) is 40.9. The van der Waals surface area contributed by atoms with Crippen LogP contribution in [-0.4, -0.2) is 285 Å². The maximum atomic E-state index is 14.4. The van der Waals surface area contributed by atoms with Gasteiger partial charge in [0.1, 0.15) is 36.0 Å². The van der Waals surface area contributed by atoms with Crippen LogP contribution in [0.3, 0.4) is 0 Å². The number of hydrogen-bond donors (Lipinski definition) is 19. The average Bonchev–Trinajstić information content (AvgIpc) is 1.68. The van der Waals surface area contributed by atoms with E-state index < -0.39 is 78.1 Å². The van der Waals surface area contributed by atoms with Crippen molar-refractivity contribution in [2.75, 3.05) is 171 Å². The number of nitrogens with one attached hydrogen (secondary N) is 15. The van der Waals surface area contributed by atoms with E-state index in [0.717, 1.165) is 19.6 Å². The Hall–Kier alpha value is -8.81. The lowest BCUT2D eigenvalue weighted by Crippen LogP contribution is -2.57. The third kappa shape index (κ3) is 36.4. The van der Waals surface area contributed by atoms with Gasteiger partial charge in [-0.2, -0.15) is 0 Å². The number of phenolic OH excluding ortho intramolecular Hbond substituents is 1.